The normalized spacial score (nSPS) is 11.9. The van der Waals surface area contributed by atoms with Crippen LogP contribution < -0.4 is 0 Å². The van der Waals surface area contributed by atoms with Crippen LogP contribution in [0.3, 0.4) is 0 Å². The van der Waals surface area contributed by atoms with Crippen LogP contribution in [0.4, 0.5) is 0 Å². The molecule has 0 aromatic carbocycles. The van der Waals surface area contributed by atoms with Crippen LogP contribution in [-0.4, -0.2) is 16.9 Å². The highest BCUT2D eigenvalue weighted by Gasteiger charge is 2.14. The Labute approximate surface area is 72.1 Å². The summed E-state index contributed by atoms with van der Waals surface area (Å²) in [6, 6.07) is 0. The van der Waals surface area contributed by atoms with Crippen molar-refractivity contribution in [3.8, 4) is 0 Å². The zero-order valence-corrected chi connectivity index (χ0v) is 7.63. The first-order valence-electron chi connectivity index (χ1n) is 3.80. The zero-order chi connectivity index (χ0) is 9.72. The van der Waals surface area contributed by atoms with E-state index in [1.54, 1.807) is 6.08 Å². The highest BCUT2D eigenvalue weighted by atomic mass is 16.4. The second kappa shape index (κ2) is 4.70. The van der Waals surface area contributed by atoms with Crippen LogP contribution in [-0.2, 0) is 9.59 Å². The minimum Gasteiger partial charge on any atom is -0.481 e. The Morgan fingerprint density at radius 1 is 1.33 bits per heavy atom. The van der Waals surface area contributed by atoms with Crippen LogP contribution in [0, 0.1) is 5.92 Å². The molecule has 1 atom stereocenters. The number of ketones is 1. The zero-order valence-electron chi connectivity index (χ0n) is 7.63. The first-order chi connectivity index (χ1) is 5.43. The lowest BCUT2D eigenvalue weighted by Crippen LogP contribution is -2.13. The van der Waals surface area contributed by atoms with Gasteiger partial charge in [0.05, 0.1) is 6.42 Å². The second-order valence-electron chi connectivity index (χ2n) is 3.06. The number of allylic oxidation sites excluding steroid dienone is 2. The molecule has 1 unspecified atom stereocenters. The smallest absolute Gasteiger partial charge is 0.304 e. The number of carboxylic acids is 1. The summed E-state index contributed by atoms with van der Waals surface area (Å²) in [5.74, 6) is -1.50. The predicted octanol–water partition coefficient (Wildman–Crippen LogP) is 1.63. The van der Waals surface area contributed by atoms with Crippen LogP contribution in [0.2, 0.25) is 0 Å². The van der Waals surface area contributed by atoms with Gasteiger partial charge in [-0.15, -0.1) is 0 Å². The lowest BCUT2D eigenvalue weighted by Gasteiger charge is -2.05. The van der Waals surface area contributed by atoms with Crippen molar-refractivity contribution in [2.24, 2.45) is 5.92 Å². The molecule has 0 amide bonds. The van der Waals surface area contributed by atoms with E-state index in [9.17, 15) is 9.59 Å². The minimum atomic E-state index is -0.937. The summed E-state index contributed by atoms with van der Waals surface area (Å²) >= 11 is 0. The van der Waals surface area contributed by atoms with E-state index in [0.29, 0.717) is 0 Å². The van der Waals surface area contributed by atoms with E-state index < -0.39 is 11.9 Å². The lowest BCUT2D eigenvalue weighted by molar-refractivity contribution is -0.139. The summed E-state index contributed by atoms with van der Waals surface area (Å²) in [5, 5.41) is 8.46. The predicted molar refractivity (Wildman–Crippen MR) is 45.9 cm³/mol. The number of rotatable bonds is 4. The standard InChI is InChI=1S/C9H14O3/c1-6(2)4-8(7(3)10)5-9(11)12/h4,8H,5H2,1-3H3,(H,11,12). The van der Waals surface area contributed by atoms with E-state index in [0.717, 1.165) is 5.57 Å². The number of hydrogen-bond acceptors (Lipinski definition) is 2. The van der Waals surface area contributed by atoms with Gasteiger partial charge in [-0.1, -0.05) is 11.6 Å². The van der Waals surface area contributed by atoms with Gasteiger partial charge in [-0.25, -0.2) is 0 Å². The quantitative estimate of drug-likeness (QED) is 0.652. The number of carboxylic acid groups (broad SMARTS) is 1. The molecule has 0 spiro atoms. The molecule has 0 bridgehead atoms. The number of carbonyl (C=O) groups excluding carboxylic acids is 1. The SMILES string of the molecule is CC(=O)C(C=C(C)C)CC(=O)O. The monoisotopic (exact) mass is 170 g/mol. The summed E-state index contributed by atoms with van der Waals surface area (Å²) in [6.45, 7) is 5.10. The van der Waals surface area contributed by atoms with Crippen molar-refractivity contribution in [2.45, 2.75) is 27.2 Å². The largest absolute Gasteiger partial charge is 0.481 e. The molecule has 0 saturated heterocycles. The van der Waals surface area contributed by atoms with Crippen LogP contribution in [0.25, 0.3) is 0 Å². The third-order valence-electron chi connectivity index (χ3n) is 1.45. The van der Waals surface area contributed by atoms with E-state index in [4.69, 9.17) is 5.11 Å². The average molecular weight is 170 g/mol. The molecule has 3 nitrogen and oxygen atoms in total. The summed E-state index contributed by atoms with van der Waals surface area (Å²) in [7, 11) is 0. The maximum atomic E-state index is 10.9. The molecule has 1 N–H and O–H groups in total. The molecular weight excluding hydrogens is 156 g/mol. The number of Topliss-reactive ketones (excluding diaryl/α,β-unsaturated/α-hetero) is 1. The van der Waals surface area contributed by atoms with Crippen LogP contribution in [0.15, 0.2) is 11.6 Å². The molecule has 3 heteroatoms. The van der Waals surface area contributed by atoms with Crippen molar-refractivity contribution in [2.75, 3.05) is 0 Å². The average Bonchev–Trinajstić information content (AvgIpc) is 1.83. The molecule has 0 heterocycles. The van der Waals surface area contributed by atoms with Crippen LogP contribution >= 0.6 is 0 Å². The van der Waals surface area contributed by atoms with E-state index in [1.165, 1.54) is 6.92 Å². The van der Waals surface area contributed by atoms with Crippen molar-refractivity contribution < 1.29 is 14.7 Å². The van der Waals surface area contributed by atoms with Gasteiger partial charge in [-0.2, -0.15) is 0 Å². The topological polar surface area (TPSA) is 54.4 Å². The van der Waals surface area contributed by atoms with Crippen LogP contribution in [0.5, 0.6) is 0 Å². The highest BCUT2D eigenvalue weighted by Crippen LogP contribution is 2.09. The Morgan fingerprint density at radius 3 is 2.08 bits per heavy atom. The van der Waals surface area contributed by atoms with Crippen LogP contribution in [0.1, 0.15) is 27.2 Å². The third-order valence-corrected chi connectivity index (χ3v) is 1.45. The van der Waals surface area contributed by atoms with Crippen molar-refractivity contribution in [1.82, 2.24) is 0 Å². The Bertz CT molecular complexity index is 212. The summed E-state index contributed by atoms with van der Waals surface area (Å²) in [5.41, 5.74) is 0.969. The molecule has 0 aromatic heterocycles. The second-order valence-corrected chi connectivity index (χ2v) is 3.06. The highest BCUT2D eigenvalue weighted by molar-refractivity contribution is 5.84. The fourth-order valence-corrected chi connectivity index (χ4v) is 0.911. The molecule has 68 valence electrons. The van der Waals surface area contributed by atoms with E-state index in [1.807, 2.05) is 13.8 Å². The molecule has 0 saturated carbocycles. The number of carbonyl (C=O) groups is 2. The van der Waals surface area contributed by atoms with E-state index >= 15 is 0 Å². The van der Waals surface area contributed by atoms with E-state index in [-0.39, 0.29) is 12.2 Å². The fourth-order valence-electron chi connectivity index (χ4n) is 0.911. The Hall–Kier alpha value is -1.12. The minimum absolute atomic E-state index is 0.0985. The van der Waals surface area contributed by atoms with E-state index in [2.05, 4.69) is 0 Å². The molecule has 0 aromatic rings. The fraction of sp³-hybridized carbons (Fsp3) is 0.556. The first kappa shape index (κ1) is 10.9. The Kier molecular flexibility index (Phi) is 4.26. The number of hydrogen-bond donors (Lipinski definition) is 1. The van der Waals surface area contributed by atoms with Crippen molar-refractivity contribution in [3.05, 3.63) is 11.6 Å². The van der Waals surface area contributed by atoms with Gasteiger partial charge in [0.15, 0.2) is 0 Å². The van der Waals surface area contributed by atoms with Gasteiger partial charge in [0.25, 0.3) is 0 Å². The summed E-state index contributed by atoms with van der Waals surface area (Å²) in [4.78, 5) is 21.2. The molecule has 0 rings (SSSR count). The van der Waals surface area contributed by atoms with Gasteiger partial charge in [0, 0.05) is 5.92 Å². The maximum Gasteiger partial charge on any atom is 0.304 e. The third kappa shape index (κ3) is 4.66. The lowest BCUT2D eigenvalue weighted by atomic mass is 9.99. The maximum absolute atomic E-state index is 10.9. The summed E-state index contributed by atoms with van der Waals surface area (Å²) in [6.07, 6.45) is 1.58. The molecular formula is C9H14O3. The van der Waals surface area contributed by atoms with Gasteiger partial charge in [-0.05, 0) is 20.8 Å². The van der Waals surface area contributed by atoms with Gasteiger partial charge < -0.3 is 5.11 Å². The van der Waals surface area contributed by atoms with Crippen molar-refractivity contribution in [3.63, 3.8) is 0 Å². The molecule has 0 fully saturated rings. The molecule has 12 heavy (non-hydrogen) atoms. The summed E-state index contributed by atoms with van der Waals surface area (Å²) < 4.78 is 0. The molecule has 0 aliphatic rings. The van der Waals surface area contributed by atoms with Crippen molar-refractivity contribution >= 4 is 11.8 Å². The molecule has 0 radical (unpaired) electrons. The Morgan fingerprint density at radius 2 is 1.83 bits per heavy atom. The van der Waals surface area contributed by atoms with Gasteiger partial charge in [-0.3, -0.25) is 9.59 Å². The van der Waals surface area contributed by atoms with Gasteiger partial charge in [0.2, 0.25) is 0 Å². The first-order valence-corrected chi connectivity index (χ1v) is 3.80. The van der Waals surface area contributed by atoms with Gasteiger partial charge in [0.1, 0.15) is 5.78 Å². The Balaban J connectivity index is 4.35. The van der Waals surface area contributed by atoms with Crippen molar-refractivity contribution in [1.29, 1.82) is 0 Å². The number of aliphatic carboxylic acids is 1. The molecule has 0 aliphatic carbocycles. The van der Waals surface area contributed by atoms with Gasteiger partial charge >= 0.3 is 5.97 Å². The molecule has 0 aliphatic heterocycles.